The number of nitro groups is 1. The molecule has 0 aliphatic carbocycles. The zero-order chi connectivity index (χ0) is 21.2. The van der Waals surface area contributed by atoms with Crippen LogP contribution < -0.4 is 5.32 Å². The number of halogens is 4. The lowest BCUT2D eigenvalue weighted by Crippen LogP contribution is -2.14. The molecule has 0 aromatic heterocycles. The van der Waals surface area contributed by atoms with Gasteiger partial charge in [0.05, 0.1) is 15.5 Å². The molecule has 0 bridgehead atoms. The Morgan fingerprint density at radius 1 is 0.966 bits per heavy atom. The molecule has 0 radical (unpaired) electrons. The summed E-state index contributed by atoms with van der Waals surface area (Å²) in [6, 6.07) is 14.4. The van der Waals surface area contributed by atoms with E-state index in [-0.39, 0.29) is 22.0 Å². The first kappa shape index (κ1) is 20.3. The molecule has 0 atom stereocenters. The lowest BCUT2D eigenvalue weighted by atomic mass is 9.98. The van der Waals surface area contributed by atoms with Gasteiger partial charge in [-0.3, -0.25) is 14.9 Å². The van der Waals surface area contributed by atoms with Crippen LogP contribution in [0, 0.1) is 10.1 Å². The quantitative estimate of drug-likeness (QED) is 0.301. The first-order valence-electron chi connectivity index (χ1n) is 8.19. The van der Waals surface area contributed by atoms with Gasteiger partial charge in [-0.05, 0) is 30.3 Å². The van der Waals surface area contributed by atoms with Crippen molar-refractivity contribution in [3.05, 3.63) is 98.6 Å². The van der Waals surface area contributed by atoms with Crippen LogP contribution in [0.2, 0.25) is 5.02 Å². The van der Waals surface area contributed by atoms with E-state index in [2.05, 4.69) is 5.32 Å². The van der Waals surface area contributed by atoms with Crippen LogP contribution in [0.15, 0.2) is 66.7 Å². The summed E-state index contributed by atoms with van der Waals surface area (Å²) in [7, 11) is 0. The van der Waals surface area contributed by atoms with E-state index in [0.717, 1.165) is 12.1 Å². The third-order valence-corrected chi connectivity index (χ3v) is 4.38. The number of nitro benzene ring substituents is 1. The van der Waals surface area contributed by atoms with Gasteiger partial charge in [0, 0.05) is 22.9 Å². The van der Waals surface area contributed by atoms with E-state index >= 15 is 0 Å². The SMILES string of the molecule is O=C(c1ccc(Nc2ccccc2[N+](=O)[O-])cc1Cl)c1ccccc1C(F)(F)F. The number of para-hydroxylation sites is 2. The molecule has 0 amide bonds. The number of ketones is 1. The van der Waals surface area contributed by atoms with Crippen LogP contribution in [0.1, 0.15) is 21.5 Å². The Bertz CT molecular complexity index is 1100. The zero-order valence-electron chi connectivity index (χ0n) is 14.5. The number of nitrogens with one attached hydrogen (secondary N) is 1. The fraction of sp³-hybridized carbons (Fsp3) is 0.0500. The Labute approximate surface area is 167 Å². The molecule has 29 heavy (non-hydrogen) atoms. The maximum atomic E-state index is 13.2. The molecule has 3 rings (SSSR count). The minimum absolute atomic E-state index is 0.0874. The van der Waals surface area contributed by atoms with E-state index < -0.39 is 28.0 Å². The third kappa shape index (κ3) is 4.38. The highest BCUT2D eigenvalue weighted by molar-refractivity contribution is 6.35. The molecule has 148 valence electrons. The minimum Gasteiger partial charge on any atom is -0.350 e. The second-order valence-electron chi connectivity index (χ2n) is 5.97. The van der Waals surface area contributed by atoms with Gasteiger partial charge in [-0.2, -0.15) is 13.2 Å². The number of benzene rings is 3. The summed E-state index contributed by atoms with van der Waals surface area (Å²) in [6.07, 6.45) is -4.69. The summed E-state index contributed by atoms with van der Waals surface area (Å²) < 4.78 is 39.6. The van der Waals surface area contributed by atoms with Crippen molar-refractivity contribution in [1.29, 1.82) is 0 Å². The molecule has 0 aliphatic heterocycles. The van der Waals surface area contributed by atoms with Crippen molar-refractivity contribution in [2.45, 2.75) is 6.18 Å². The van der Waals surface area contributed by atoms with Gasteiger partial charge in [-0.15, -0.1) is 0 Å². The van der Waals surface area contributed by atoms with Crippen LogP contribution in [-0.4, -0.2) is 10.7 Å². The summed E-state index contributed by atoms with van der Waals surface area (Å²) in [5.74, 6) is -0.875. The molecule has 3 aromatic rings. The smallest absolute Gasteiger partial charge is 0.350 e. The number of carbonyl (C=O) groups is 1. The summed E-state index contributed by atoms with van der Waals surface area (Å²) in [4.78, 5) is 23.2. The molecular weight excluding hydrogens is 409 g/mol. The van der Waals surface area contributed by atoms with Crippen LogP contribution in [-0.2, 0) is 6.18 Å². The number of alkyl halides is 3. The van der Waals surface area contributed by atoms with E-state index in [9.17, 15) is 28.1 Å². The standard InChI is InChI=1S/C20H12ClF3N2O3/c21-16-11-12(25-17-7-3-4-8-18(17)26(28)29)9-10-14(16)19(27)13-5-1-2-6-15(13)20(22,23)24/h1-11,25H. The van der Waals surface area contributed by atoms with Gasteiger partial charge in [-0.1, -0.05) is 41.9 Å². The first-order valence-corrected chi connectivity index (χ1v) is 8.57. The molecule has 0 spiro atoms. The fourth-order valence-corrected chi connectivity index (χ4v) is 3.01. The van der Waals surface area contributed by atoms with Gasteiger partial charge < -0.3 is 5.32 Å². The maximum absolute atomic E-state index is 13.2. The van der Waals surface area contributed by atoms with Gasteiger partial charge in [0.25, 0.3) is 5.69 Å². The Kier molecular flexibility index (Phi) is 5.56. The van der Waals surface area contributed by atoms with E-state index in [1.165, 1.54) is 48.5 Å². The molecule has 1 N–H and O–H groups in total. The van der Waals surface area contributed by atoms with Gasteiger partial charge in [-0.25, -0.2) is 0 Å². The van der Waals surface area contributed by atoms with E-state index in [4.69, 9.17) is 11.6 Å². The second-order valence-corrected chi connectivity index (χ2v) is 6.37. The molecule has 3 aromatic carbocycles. The van der Waals surface area contributed by atoms with Gasteiger partial charge in [0.15, 0.2) is 5.78 Å². The second kappa shape index (κ2) is 7.92. The molecular formula is C20H12ClF3N2O3. The molecule has 0 saturated carbocycles. The normalized spacial score (nSPS) is 11.2. The van der Waals surface area contributed by atoms with E-state index in [0.29, 0.717) is 5.69 Å². The van der Waals surface area contributed by atoms with Crippen LogP contribution in [0.5, 0.6) is 0 Å². The summed E-state index contributed by atoms with van der Waals surface area (Å²) in [5.41, 5.74) is -1.30. The average Bonchev–Trinajstić information content (AvgIpc) is 2.67. The number of anilines is 2. The molecule has 5 nitrogen and oxygen atoms in total. The molecule has 0 heterocycles. The van der Waals surface area contributed by atoms with Crippen molar-refractivity contribution >= 4 is 34.4 Å². The van der Waals surface area contributed by atoms with Crippen molar-refractivity contribution in [1.82, 2.24) is 0 Å². The number of carbonyl (C=O) groups excluding carboxylic acids is 1. The molecule has 0 fully saturated rings. The summed E-state index contributed by atoms with van der Waals surface area (Å²) in [5, 5.41) is 13.8. The Hall–Kier alpha value is -3.39. The summed E-state index contributed by atoms with van der Waals surface area (Å²) >= 11 is 6.13. The predicted octanol–water partition coefficient (Wildman–Crippen LogP) is 6.24. The highest BCUT2D eigenvalue weighted by Crippen LogP contribution is 2.34. The fourth-order valence-electron chi connectivity index (χ4n) is 2.74. The van der Waals surface area contributed by atoms with Crippen molar-refractivity contribution in [2.75, 3.05) is 5.32 Å². The topological polar surface area (TPSA) is 72.2 Å². The molecule has 9 heteroatoms. The highest BCUT2D eigenvalue weighted by Gasteiger charge is 2.35. The summed E-state index contributed by atoms with van der Waals surface area (Å²) in [6.45, 7) is 0. The van der Waals surface area contributed by atoms with Crippen LogP contribution in [0.4, 0.5) is 30.2 Å². The minimum atomic E-state index is -4.69. The van der Waals surface area contributed by atoms with Crippen molar-refractivity contribution < 1.29 is 22.9 Å². The Morgan fingerprint density at radius 3 is 2.28 bits per heavy atom. The van der Waals surface area contributed by atoms with Crippen molar-refractivity contribution in [3.8, 4) is 0 Å². The van der Waals surface area contributed by atoms with Crippen LogP contribution >= 0.6 is 11.6 Å². The van der Waals surface area contributed by atoms with Gasteiger partial charge >= 0.3 is 6.18 Å². The number of rotatable bonds is 5. The van der Waals surface area contributed by atoms with E-state index in [1.54, 1.807) is 6.07 Å². The first-order chi connectivity index (χ1) is 13.7. The monoisotopic (exact) mass is 420 g/mol. The lowest BCUT2D eigenvalue weighted by molar-refractivity contribution is -0.383. The average molecular weight is 421 g/mol. The van der Waals surface area contributed by atoms with Gasteiger partial charge in [0.1, 0.15) is 5.69 Å². The molecule has 0 aliphatic rings. The number of hydrogen-bond donors (Lipinski definition) is 1. The number of nitrogens with zero attached hydrogens (tertiary/aromatic N) is 1. The Balaban J connectivity index is 1.94. The number of hydrogen-bond acceptors (Lipinski definition) is 4. The Morgan fingerprint density at radius 2 is 1.62 bits per heavy atom. The van der Waals surface area contributed by atoms with Crippen molar-refractivity contribution in [3.63, 3.8) is 0 Å². The van der Waals surface area contributed by atoms with Crippen LogP contribution in [0.3, 0.4) is 0 Å². The van der Waals surface area contributed by atoms with Gasteiger partial charge in [0.2, 0.25) is 0 Å². The predicted molar refractivity (Wildman–Crippen MR) is 103 cm³/mol. The largest absolute Gasteiger partial charge is 0.417 e. The third-order valence-electron chi connectivity index (χ3n) is 4.07. The zero-order valence-corrected chi connectivity index (χ0v) is 15.3. The van der Waals surface area contributed by atoms with Crippen molar-refractivity contribution in [2.24, 2.45) is 0 Å². The lowest BCUT2D eigenvalue weighted by Gasteiger charge is -2.13. The molecule has 0 unspecified atom stereocenters. The molecule has 0 saturated heterocycles. The van der Waals surface area contributed by atoms with E-state index in [1.807, 2.05) is 0 Å². The van der Waals surface area contributed by atoms with Crippen LogP contribution in [0.25, 0.3) is 0 Å². The maximum Gasteiger partial charge on any atom is 0.417 e. The highest BCUT2D eigenvalue weighted by atomic mass is 35.5.